The third kappa shape index (κ3) is 3.68. The summed E-state index contributed by atoms with van der Waals surface area (Å²) in [6, 6.07) is 0.502. The van der Waals surface area contributed by atoms with Crippen LogP contribution in [0.4, 0.5) is 6.01 Å². The number of ether oxygens (including phenoxy) is 1. The first-order valence-electron chi connectivity index (χ1n) is 6.68. The minimum Gasteiger partial charge on any atom is -0.407 e. The van der Waals surface area contributed by atoms with Gasteiger partial charge in [0.25, 0.3) is 0 Å². The Morgan fingerprint density at radius 2 is 2.28 bits per heavy atom. The van der Waals surface area contributed by atoms with Crippen molar-refractivity contribution in [2.45, 2.75) is 39.3 Å². The highest BCUT2D eigenvalue weighted by molar-refractivity contribution is 5.17. The number of rotatable bonds is 7. The lowest BCUT2D eigenvalue weighted by atomic mass is 10.0. The van der Waals surface area contributed by atoms with Crippen molar-refractivity contribution in [2.24, 2.45) is 5.92 Å². The van der Waals surface area contributed by atoms with Gasteiger partial charge < -0.3 is 19.8 Å². The Kier molecular flexibility index (Phi) is 4.95. The fourth-order valence-corrected chi connectivity index (χ4v) is 2.03. The maximum atomic E-state index is 5.51. The van der Waals surface area contributed by atoms with Crippen LogP contribution in [0.2, 0.25) is 0 Å². The highest BCUT2D eigenvalue weighted by Crippen LogP contribution is 2.20. The molecular weight excluding hydrogens is 232 g/mol. The van der Waals surface area contributed by atoms with E-state index in [0.29, 0.717) is 30.5 Å². The molecule has 2 unspecified atom stereocenters. The zero-order valence-electron chi connectivity index (χ0n) is 11.1. The van der Waals surface area contributed by atoms with Gasteiger partial charge in [0.15, 0.2) is 0 Å². The Morgan fingerprint density at radius 1 is 1.39 bits per heavy atom. The summed E-state index contributed by atoms with van der Waals surface area (Å²) in [5.41, 5.74) is 0. The maximum absolute atomic E-state index is 5.51. The molecule has 0 bridgehead atoms. The van der Waals surface area contributed by atoms with Gasteiger partial charge >= 0.3 is 6.01 Å². The summed E-state index contributed by atoms with van der Waals surface area (Å²) in [6.07, 6.45) is 2.50. The molecule has 2 rings (SSSR count). The molecule has 0 aliphatic carbocycles. The molecule has 0 saturated carbocycles. The predicted octanol–water partition coefficient (Wildman–Crippen LogP) is 1.41. The van der Waals surface area contributed by atoms with Gasteiger partial charge in [0.2, 0.25) is 5.89 Å². The van der Waals surface area contributed by atoms with Crippen LogP contribution in [0.25, 0.3) is 0 Å². The highest BCUT2D eigenvalue weighted by atomic mass is 16.5. The molecule has 0 aromatic carbocycles. The average Bonchev–Trinajstić information content (AvgIpc) is 2.96. The van der Waals surface area contributed by atoms with E-state index in [-0.39, 0.29) is 0 Å². The zero-order valence-corrected chi connectivity index (χ0v) is 11.1. The van der Waals surface area contributed by atoms with Gasteiger partial charge in [-0.3, -0.25) is 0 Å². The Morgan fingerprint density at radius 3 is 3.00 bits per heavy atom. The zero-order chi connectivity index (χ0) is 12.8. The van der Waals surface area contributed by atoms with Crippen molar-refractivity contribution in [3.05, 3.63) is 5.89 Å². The van der Waals surface area contributed by atoms with Gasteiger partial charge in [-0.05, 0) is 26.3 Å². The maximum Gasteiger partial charge on any atom is 0.315 e. The molecule has 2 N–H and O–H groups in total. The number of hydrogen-bond donors (Lipinski definition) is 2. The van der Waals surface area contributed by atoms with Crippen LogP contribution in [0.3, 0.4) is 0 Å². The van der Waals surface area contributed by atoms with Crippen molar-refractivity contribution < 1.29 is 9.15 Å². The molecule has 1 aliphatic heterocycles. The third-order valence-electron chi connectivity index (χ3n) is 3.22. The van der Waals surface area contributed by atoms with Gasteiger partial charge in [0.1, 0.15) is 0 Å². The van der Waals surface area contributed by atoms with Crippen LogP contribution in [-0.4, -0.2) is 36.0 Å². The van der Waals surface area contributed by atoms with Crippen LogP contribution in [0.5, 0.6) is 0 Å². The van der Waals surface area contributed by atoms with Crippen LogP contribution in [0.15, 0.2) is 4.42 Å². The summed E-state index contributed by atoms with van der Waals surface area (Å²) < 4.78 is 11.0. The molecule has 0 spiro atoms. The minimum atomic E-state index is 0.311. The van der Waals surface area contributed by atoms with Crippen LogP contribution in [-0.2, 0) is 11.3 Å². The van der Waals surface area contributed by atoms with Crippen LogP contribution < -0.4 is 10.6 Å². The predicted molar refractivity (Wildman–Crippen MR) is 68.3 cm³/mol. The number of nitrogens with one attached hydrogen (secondary N) is 2. The molecule has 1 aliphatic rings. The van der Waals surface area contributed by atoms with Gasteiger partial charge in [-0.15, -0.1) is 5.10 Å². The summed E-state index contributed by atoms with van der Waals surface area (Å²) in [7, 11) is 0. The SMILES string of the molecule is CCCNCc1nnc(NCC2CCOC2C)o1. The van der Waals surface area contributed by atoms with Crippen molar-refractivity contribution in [1.29, 1.82) is 0 Å². The smallest absolute Gasteiger partial charge is 0.315 e. The van der Waals surface area contributed by atoms with E-state index in [4.69, 9.17) is 9.15 Å². The number of hydrogen-bond acceptors (Lipinski definition) is 6. The fourth-order valence-electron chi connectivity index (χ4n) is 2.03. The lowest BCUT2D eigenvalue weighted by molar-refractivity contribution is 0.108. The Balaban J connectivity index is 1.72. The monoisotopic (exact) mass is 254 g/mol. The third-order valence-corrected chi connectivity index (χ3v) is 3.22. The van der Waals surface area contributed by atoms with E-state index in [0.717, 1.165) is 32.5 Å². The summed E-state index contributed by atoms with van der Waals surface area (Å²) in [6.45, 7) is 7.49. The number of anilines is 1. The molecule has 2 atom stereocenters. The first-order chi connectivity index (χ1) is 8.79. The van der Waals surface area contributed by atoms with Crippen molar-refractivity contribution in [3.63, 3.8) is 0 Å². The van der Waals surface area contributed by atoms with E-state index in [1.807, 2.05) is 0 Å². The van der Waals surface area contributed by atoms with Crippen molar-refractivity contribution >= 4 is 6.01 Å². The molecule has 1 saturated heterocycles. The summed E-state index contributed by atoms with van der Waals surface area (Å²) in [5.74, 6) is 1.15. The quantitative estimate of drug-likeness (QED) is 0.717. The van der Waals surface area contributed by atoms with Crippen LogP contribution in [0, 0.1) is 5.92 Å². The van der Waals surface area contributed by atoms with E-state index in [2.05, 4.69) is 34.7 Å². The van der Waals surface area contributed by atoms with Crippen molar-refractivity contribution in [3.8, 4) is 0 Å². The Hall–Kier alpha value is -1.14. The largest absolute Gasteiger partial charge is 0.407 e. The van der Waals surface area contributed by atoms with Gasteiger partial charge in [-0.25, -0.2) is 0 Å². The van der Waals surface area contributed by atoms with Crippen molar-refractivity contribution in [2.75, 3.05) is 25.0 Å². The summed E-state index contributed by atoms with van der Waals surface area (Å²) >= 11 is 0. The highest BCUT2D eigenvalue weighted by Gasteiger charge is 2.24. The molecular formula is C12H22N4O2. The Bertz CT molecular complexity index is 356. The van der Waals surface area contributed by atoms with Gasteiger partial charge in [0, 0.05) is 19.1 Å². The van der Waals surface area contributed by atoms with Crippen LogP contribution >= 0.6 is 0 Å². The second-order valence-electron chi connectivity index (χ2n) is 4.68. The van der Waals surface area contributed by atoms with E-state index in [1.165, 1.54) is 0 Å². The summed E-state index contributed by atoms with van der Waals surface area (Å²) in [5, 5.41) is 14.4. The molecule has 1 fully saturated rings. The molecule has 0 radical (unpaired) electrons. The lowest BCUT2D eigenvalue weighted by Gasteiger charge is -2.13. The van der Waals surface area contributed by atoms with Crippen molar-refractivity contribution in [1.82, 2.24) is 15.5 Å². The minimum absolute atomic E-state index is 0.311. The molecule has 0 amide bonds. The Labute approximate surface area is 107 Å². The van der Waals surface area contributed by atoms with E-state index in [1.54, 1.807) is 0 Å². The standard InChI is InChI=1S/C12H22N4O2/c1-3-5-13-8-11-15-16-12(18-11)14-7-10-4-6-17-9(10)2/h9-10,13H,3-8H2,1-2H3,(H,14,16). The van der Waals surface area contributed by atoms with Crippen LogP contribution in [0.1, 0.15) is 32.6 Å². The number of aromatic nitrogens is 2. The molecule has 102 valence electrons. The fraction of sp³-hybridized carbons (Fsp3) is 0.833. The van der Waals surface area contributed by atoms with E-state index < -0.39 is 0 Å². The lowest BCUT2D eigenvalue weighted by Crippen LogP contribution is -2.20. The van der Waals surface area contributed by atoms with E-state index in [9.17, 15) is 0 Å². The number of nitrogens with zero attached hydrogens (tertiary/aromatic N) is 2. The molecule has 2 heterocycles. The van der Waals surface area contributed by atoms with Gasteiger partial charge in [-0.2, -0.15) is 0 Å². The second kappa shape index (κ2) is 6.70. The molecule has 6 nitrogen and oxygen atoms in total. The van der Waals surface area contributed by atoms with Gasteiger partial charge in [0.05, 0.1) is 12.6 Å². The summed E-state index contributed by atoms with van der Waals surface area (Å²) in [4.78, 5) is 0. The topological polar surface area (TPSA) is 72.2 Å². The normalized spacial score (nSPS) is 23.4. The van der Waals surface area contributed by atoms with E-state index >= 15 is 0 Å². The molecule has 6 heteroatoms. The molecule has 18 heavy (non-hydrogen) atoms. The first-order valence-corrected chi connectivity index (χ1v) is 6.68. The molecule has 1 aromatic rings. The molecule has 1 aromatic heterocycles. The second-order valence-corrected chi connectivity index (χ2v) is 4.68. The van der Waals surface area contributed by atoms with Gasteiger partial charge in [-0.1, -0.05) is 12.0 Å². The average molecular weight is 254 g/mol. The first kappa shape index (κ1) is 13.3.